The molecule has 3 heterocycles. The Bertz CT molecular complexity index is 1030. The average molecular weight is 466 g/mol. The lowest BCUT2D eigenvalue weighted by atomic mass is 10.0. The third kappa shape index (κ3) is 5.11. The molecule has 2 aromatic rings. The molecule has 1 aliphatic rings. The van der Waals surface area contributed by atoms with E-state index in [0.717, 1.165) is 22.2 Å². The van der Waals surface area contributed by atoms with Crippen molar-refractivity contribution < 1.29 is 28.6 Å². The summed E-state index contributed by atoms with van der Waals surface area (Å²) >= 11 is 2.30. The van der Waals surface area contributed by atoms with E-state index in [1.165, 1.54) is 16.0 Å². The summed E-state index contributed by atoms with van der Waals surface area (Å²) in [5, 5.41) is 27.7. The van der Waals surface area contributed by atoms with Crippen molar-refractivity contribution in [1.29, 1.82) is 5.26 Å². The van der Waals surface area contributed by atoms with E-state index in [1.807, 2.05) is 0 Å². The first kappa shape index (κ1) is 22.9. The number of aromatic nitrogens is 2. The van der Waals surface area contributed by atoms with Gasteiger partial charge in [0.1, 0.15) is 16.7 Å². The number of nitriles is 1. The highest BCUT2D eigenvalue weighted by molar-refractivity contribution is 8.00. The number of carbonyl (C=O) groups is 2. The second kappa shape index (κ2) is 8.76. The van der Waals surface area contributed by atoms with Crippen LogP contribution in [-0.2, 0) is 29.5 Å². The Hall–Kier alpha value is -2.78. The van der Waals surface area contributed by atoms with Gasteiger partial charge in [0.15, 0.2) is 13.0 Å². The molecule has 12 heteroatoms. The van der Waals surface area contributed by atoms with Gasteiger partial charge in [-0.25, -0.2) is 4.79 Å². The van der Waals surface area contributed by atoms with E-state index < -0.39 is 22.9 Å². The summed E-state index contributed by atoms with van der Waals surface area (Å²) in [6.07, 6.45) is 0.0974. The van der Waals surface area contributed by atoms with Crippen LogP contribution in [0.1, 0.15) is 43.7 Å². The number of anilines is 1. The Balaban J connectivity index is 1.73. The molecule has 3 rings (SSSR count). The summed E-state index contributed by atoms with van der Waals surface area (Å²) in [5.74, 6) is -0.969. The molecule has 31 heavy (non-hydrogen) atoms. The van der Waals surface area contributed by atoms with Crippen molar-refractivity contribution in [2.75, 3.05) is 11.9 Å². The molecular weight excluding hydrogens is 442 g/mol. The lowest BCUT2D eigenvalue weighted by molar-refractivity contribution is -0.772. The first-order valence-electron chi connectivity index (χ1n) is 9.53. The van der Waals surface area contributed by atoms with E-state index in [0.29, 0.717) is 30.1 Å². The maximum Gasteiger partial charge on any atom is 0.410 e. The molecule has 2 amide bonds. The highest BCUT2D eigenvalue weighted by Crippen LogP contribution is 2.37. The molecule has 1 atom stereocenters. The number of nitrogens with zero attached hydrogens (tertiary/aromatic N) is 4. The predicted molar refractivity (Wildman–Crippen MR) is 110 cm³/mol. The molecule has 0 radical (unpaired) electrons. The molecule has 166 valence electrons. The number of aryl methyl sites for hydroxylation is 1. The van der Waals surface area contributed by atoms with Gasteiger partial charge in [-0.05, 0) is 51.4 Å². The molecule has 1 aliphatic heterocycles. The monoisotopic (exact) mass is 465 g/mol. The molecule has 0 saturated heterocycles. The van der Waals surface area contributed by atoms with Gasteiger partial charge in [-0.3, -0.25) is 4.79 Å². The van der Waals surface area contributed by atoms with E-state index in [-0.39, 0.29) is 10.9 Å². The lowest BCUT2D eigenvalue weighted by Gasteiger charge is -2.29. The van der Waals surface area contributed by atoms with Crippen molar-refractivity contribution in [3.8, 4) is 12.0 Å². The number of carbonyl (C=O) groups excluding carboxylic acids is 2. The van der Waals surface area contributed by atoms with Crippen molar-refractivity contribution in [3.05, 3.63) is 16.0 Å². The number of nitrogens with one attached hydrogen (secondary N) is 1. The van der Waals surface area contributed by atoms with Crippen LogP contribution in [0.15, 0.2) is 9.55 Å². The number of hydrogen-bond acceptors (Lipinski definition) is 9. The fourth-order valence-corrected chi connectivity index (χ4v) is 4.99. The largest absolute Gasteiger partial charge is 0.538 e. The van der Waals surface area contributed by atoms with Gasteiger partial charge >= 0.3 is 6.09 Å². The van der Waals surface area contributed by atoms with Gasteiger partial charge < -0.3 is 24.6 Å². The van der Waals surface area contributed by atoms with E-state index in [1.54, 1.807) is 39.6 Å². The lowest BCUT2D eigenvalue weighted by Crippen LogP contribution is -2.39. The summed E-state index contributed by atoms with van der Waals surface area (Å²) < 4.78 is 11.3. The topological polar surface area (TPSA) is 135 Å². The highest BCUT2D eigenvalue weighted by atomic mass is 32.2. The standard InChI is InChI=1S/C19H23N5O5S2/c1-10(30-16-17(26)29-22-23(16)5)14(25)21-15-12(8-20)11-6-7-24(9-13(11)31-15)18(27)28-19(2,3)4/h10H,6-7,9H2,1-5H3,(H-,21,22,25,26). The third-order valence-corrected chi connectivity index (χ3v) is 6.78. The maximum atomic E-state index is 12.7. The van der Waals surface area contributed by atoms with Gasteiger partial charge in [0.2, 0.25) is 5.91 Å². The zero-order chi connectivity index (χ0) is 22.9. The predicted octanol–water partition coefficient (Wildman–Crippen LogP) is 1.92. The Morgan fingerprint density at radius 3 is 2.77 bits per heavy atom. The van der Waals surface area contributed by atoms with E-state index in [4.69, 9.17) is 4.74 Å². The first-order chi connectivity index (χ1) is 14.5. The molecule has 0 aromatic carbocycles. The fourth-order valence-electron chi connectivity index (χ4n) is 2.96. The quantitative estimate of drug-likeness (QED) is 0.534. The molecular formula is C19H23N5O5S2. The van der Waals surface area contributed by atoms with Gasteiger partial charge in [0.05, 0.1) is 22.6 Å². The van der Waals surface area contributed by atoms with Crippen LogP contribution in [0.25, 0.3) is 0 Å². The van der Waals surface area contributed by atoms with Crippen molar-refractivity contribution >= 4 is 40.1 Å². The minimum atomic E-state index is -0.623. The van der Waals surface area contributed by atoms with E-state index in [9.17, 15) is 20.0 Å². The first-order valence-corrected chi connectivity index (χ1v) is 11.2. The molecule has 0 bridgehead atoms. The molecule has 0 spiro atoms. The van der Waals surface area contributed by atoms with Crippen LogP contribution in [-0.4, -0.2) is 39.6 Å². The zero-order valence-corrected chi connectivity index (χ0v) is 19.5. The van der Waals surface area contributed by atoms with Gasteiger partial charge in [0.25, 0.3) is 5.03 Å². The fraction of sp³-hybridized carbons (Fsp3) is 0.526. The normalized spacial score (nSPS) is 14.5. The molecule has 10 nitrogen and oxygen atoms in total. The van der Waals surface area contributed by atoms with Crippen LogP contribution in [0, 0.1) is 11.3 Å². The van der Waals surface area contributed by atoms with Crippen LogP contribution in [0.4, 0.5) is 9.80 Å². The summed E-state index contributed by atoms with van der Waals surface area (Å²) in [6.45, 7) is 7.82. The van der Waals surface area contributed by atoms with E-state index >= 15 is 0 Å². The van der Waals surface area contributed by atoms with Crippen LogP contribution in [0.3, 0.4) is 0 Å². The summed E-state index contributed by atoms with van der Waals surface area (Å²) in [5.41, 5.74) is 0.660. The van der Waals surface area contributed by atoms with Crippen molar-refractivity contribution in [2.24, 2.45) is 7.05 Å². The van der Waals surface area contributed by atoms with E-state index in [2.05, 4.69) is 21.2 Å². The minimum Gasteiger partial charge on any atom is -0.538 e. The van der Waals surface area contributed by atoms with Crippen LogP contribution in [0.2, 0.25) is 0 Å². The number of ether oxygens (including phenoxy) is 1. The van der Waals surface area contributed by atoms with Crippen molar-refractivity contribution in [1.82, 2.24) is 10.2 Å². The number of hydrogen-bond donors (Lipinski definition) is 1. The molecule has 1 unspecified atom stereocenters. The van der Waals surface area contributed by atoms with Gasteiger partial charge in [0, 0.05) is 11.4 Å². The number of thioether (sulfide) groups is 1. The average Bonchev–Trinajstić information content (AvgIpc) is 3.19. The van der Waals surface area contributed by atoms with Crippen LogP contribution < -0.4 is 15.1 Å². The maximum absolute atomic E-state index is 12.7. The molecule has 0 saturated carbocycles. The Morgan fingerprint density at radius 1 is 1.48 bits per heavy atom. The minimum absolute atomic E-state index is 0.210. The SMILES string of the molecule is CC(Sc1c([O-])on[n+]1C)C(=O)Nc1sc2c(c1C#N)CCN(C(=O)OC(C)(C)C)C2. The number of rotatable bonds is 4. The number of fused-ring (bicyclic) bond motifs is 1. The Labute approximate surface area is 187 Å². The van der Waals surface area contributed by atoms with Gasteiger partial charge in [-0.1, -0.05) is 4.68 Å². The molecule has 1 N–H and O–H groups in total. The Kier molecular flexibility index (Phi) is 6.47. The third-order valence-electron chi connectivity index (χ3n) is 4.43. The van der Waals surface area contributed by atoms with Crippen molar-refractivity contribution in [3.63, 3.8) is 0 Å². The summed E-state index contributed by atoms with van der Waals surface area (Å²) in [4.78, 5) is 27.5. The number of amides is 2. The number of thiophene rings is 1. The summed E-state index contributed by atoms with van der Waals surface area (Å²) in [7, 11) is 1.55. The molecule has 0 fully saturated rings. The van der Waals surface area contributed by atoms with Gasteiger partial charge in [-0.15, -0.1) is 11.3 Å². The molecule has 2 aromatic heterocycles. The second-order valence-corrected chi connectivity index (χ2v) is 10.4. The Morgan fingerprint density at radius 2 is 2.19 bits per heavy atom. The second-order valence-electron chi connectivity index (χ2n) is 8.01. The van der Waals surface area contributed by atoms with Gasteiger partial charge in [-0.2, -0.15) is 5.26 Å². The van der Waals surface area contributed by atoms with Crippen molar-refractivity contribution in [2.45, 2.75) is 56.5 Å². The van der Waals surface area contributed by atoms with Crippen LogP contribution in [0.5, 0.6) is 5.95 Å². The smallest absolute Gasteiger partial charge is 0.410 e. The summed E-state index contributed by atoms with van der Waals surface area (Å²) in [6, 6.07) is 2.17. The molecule has 0 aliphatic carbocycles. The van der Waals surface area contributed by atoms with Crippen LogP contribution >= 0.6 is 23.1 Å². The zero-order valence-electron chi connectivity index (χ0n) is 17.8. The highest BCUT2D eigenvalue weighted by Gasteiger charge is 2.31.